The predicted octanol–water partition coefficient (Wildman–Crippen LogP) is 2.37. The zero-order valence-corrected chi connectivity index (χ0v) is 9.34. The lowest BCUT2D eigenvalue weighted by Crippen LogP contribution is -2.30. The summed E-state index contributed by atoms with van der Waals surface area (Å²) in [4.78, 5) is 10.9. The molecule has 0 saturated heterocycles. The van der Waals surface area contributed by atoms with E-state index in [0.717, 1.165) is 12.3 Å². The maximum atomic E-state index is 10.9. The van der Waals surface area contributed by atoms with Crippen LogP contribution in [0.1, 0.15) is 47.0 Å². The quantitative estimate of drug-likeness (QED) is 0.690. The van der Waals surface area contributed by atoms with Crippen LogP contribution in [0.5, 0.6) is 0 Å². The van der Waals surface area contributed by atoms with Crippen molar-refractivity contribution >= 4 is 5.78 Å². The third-order valence-corrected chi connectivity index (χ3v) is 2.42. The Morgan fingerprint density at radius 1 is 1.23 bits per heavy atom. The molecule has 0 aromatic rings. The van der Waals surface area contributed by atoms with Gasteiger partial charge in [0.1, 0.15) is 5.78 Å². The Labute approximate surface area is 81.9 Å². The number of hydrogen-bond acceptors (Lipinski definition) is 2. The normalized spacial score (nSPS) is 15.8. The molecular weight excluding hydrogens is 162 g/mol. The third-order valence-electron chi connectivity index (χ3n) is 2.42. The van der Waals surface area contributed by atoms with E-state index >= 15 is 0 Å². The van der Waals surface area contributed by atoms with E-state index in [0.29, 0.717) is 5.92 Å². The van der Waals surface area contributed by atoms with Gasteiger partial charge in [-0.05, 0) is 25.2 Å². The molecule has 0 unspecified atom stereocenters. The van der Waals surface area contributed by atoms with Crippen molar-refractivity contribution in [1.82, 2.24) is 0 Å². The van der Waals surface area contributed by atoms with Crippen LogP contribution in [-0.2, 0) is 4.79 Å². The van der Waals surface area contributed by atoms with Crippen molar-refractivity contribution in [2.75, 3.05) is 0 Å². The van der Waals surface area contributed by atoms with Crippen molar-refractivity contribution in [2.45, 2.75) is 53.0 Å². The zero-order valence-electron chi connectivity index (χ0n) is 9.34. The van der Waals surface area contributed by atoms with Crippen LogP contribution in [0.3, 0.4) is 0 Å². The summed E-state index contributed by atoms with van der Waals surface area (Å²) in [5.41, 5.74) is 5.67. The van der Waals surface area contributed by atoms with Gasteiger partial charge in [0.25, 0.3) is 0 Å². The van der Waals surface area contributed by atoms with E-state index in [9.17, 15) is 4.79 Å². The van der Waals surface area contributed by atoms with Crippen molar-refractivity contribution in [1.29, 1.82) is 0 Å². The Balaban J connectivity index is 3.61. The highest BCUT2D eigenvalue weighted by Crippen LogP contribution is 2.16. The van der Waals surface area contributed by atoms with Crippen LogP contribution >= 0.6 is 0 Å². The summed E-state index contributed by atoms with van der Waals surface area (Å²) < 4.78 is 0. The van der Waals surface area contributed by atoms with Gasteiger partial charge in [-0.15, -0.1) is 0 Å². The molecule has 0 heterocycles. The number of rotatable bonds is 6. The monoisotopic (exact) mass is 185 g/mol. The summed E-state index contributed by atoms with van der Waals surface area (Å²) in [5.74, 6) is 1.42. The van der Waals surface area contributed by atoms with Gasteiger partial charge < -0.3 is 5.73 Å². The van der Waals surface area contributed by atoms with Gasteiger partial charge >= 0.3 is 0 Å². The van der Waals surface area contributed by atoms with Crippen LogP contribution in [0.15, 0.2) is 0 Å². The Morgan fingerprint density at radius 3 is 2.15 bits per heavy atom. The lowest BCUT2D eigenvalue weighted by molar-refractivity contribution is -0.118. The molecule has 2 atom stereocenters. The molecule has 0 aliphatic rings. The highest BCUT2D eigenvalue weighted by Gasteiger charge is 2.12. The average molecular weight is 185 g/mol. The first-order valence-corrected chi connectivity index (χ1v) is 5.19. The molecule has 2 N–H and O–H groups in total. The third kappa shape index (κ3) is 6.76. The topological polar surface area (TPSA) is 43.1 Å². The predicted molar refractivity (Wildman–Crippen MR) is 56.5 cm³/mol. The summed E-state index contributed by atoms with van der Waals surface area (Å²) in [6.07, 6.45) is 3.24. The number of hydrogen-bond donors (Lipinski definition) is 1. The molecule has 0 fully saturated rings. The summed E-state index contributed by atoms with van der Waals surface area (Å²) in [5, 5.41) is 0. The molecular formula is C11H23NO. The van der Waals surface area contributed by atoms with Crippen molar-refractivity contribution < 1.29 is 4.79 Å². The number of ketones is 1. The molecule has 0 amide bonds. The number of carbonyl (C=O) groups excluding carboxylic acids is 1. The largest absolute Gasteiger partial charge is 0.322 e. The van der Waals surface area contributed by atoms with Gasteiger partial charge in [-0.25, -0.2) is 0 Å². The first-order chi connectivity index (χ1) is 5.93. The van der Waals surface area contributed by atoms with Gasteiger partial charge in [-0.2, -0.15) is 0 Å². The zero-order chi connectivity index (χ0) is 10.4. The number of carbonyl (C=O) groups is 1. The van der Waals surface area contributed by atoms with Gasteiger partial charge in [0.15, 0.2) is 0 Å². The average Bonchev–Trinajstić information content (AvgIpc) is 2.00. The number of nitrogens with two attached hydrogens (primary N) is 1. The van der Waals surface area contributed by atoms with Gasteiger partial charge in [-0.1, -0.05) is 33.6 Å². The second kappa shape index (κ2) is 6.14. The van der Waals surface area contributed by atoms with E-state index in [-0.39, 0.29) is 11.8 Å². The second-order valence-electron chi connectivity index (χ2n) is 4.53. The van der Waals surface area contributed by atoms with Crippen molar-refractivity contribution in [2.24, 2.45) is 17.6 Å². The molecule has 13 heavy (non-hydrogen) atoms. The lowest BCUT2D eigenvalue weighted by Gasteiger charge is -2.15. The molecule has 0 spiro atoms. The van der Waals surface area contributed by atoms with Crippen LogP contribution < -0.4 is 5.73 Å². The van der Waals surface area contributed by atoms with E-state index in [4.69, 9.17) is 5.73 Å². The van der Waals surface area contributed by atoms with Gasteiger partial charge in [0, 0.05) is 0 Å². The van der Waals surface area contributed by atoms with Gasteiger partial charge in [0.05, 0.1) is 6.04 Å². The SMILES string of the molecule is CC(=O)[C@@H](N)C[C@H](C)CCC(C)C. The Kier molecular flexibility index (Phi) is 5.97. The van der Waals surface area contributed by atoms with Gasteiger partial charge in [-0.3, -0.25) is 4.79 Å². The number of Topliss-reactive ketones (excluding diaryl/α,β-unsaturated/α-hetero) is 1. The van der Waals surface area contributed by atoms with E-state index in [1.165, 1.54) is 12.8 Å². The van der Waals surface area contributed by atoms with Crippen LogP contribution in [0, 0.1) is 11.8 Å². The molecule has 0 aromatic carbocycles. The van der Waals surface area contributed by atoms with Crippen molar-refractivity contribution in [3.63, 3.8) is 0 Å². The van der Waals surface area contributed by atoms with E-state index < -0.39 is 0 Å². The molecule has 2 nitrogen and oxygen atoms in total. The molecule has 0 aliphatic carbocycles. The van der Waals surface area contributed by atoms with E-state index in [2.05, 4.69) is 20.8 Å². The highest BCUT2D eigenvalue weighted by molar-refractivity contribution is 5.81. The molecule has 0 rings (SSSR count). The van der Waals surface area contributed by atoms with Crippen molar-refractivity contribution in [3.05, 3.63) is 0 Å². The Bertz CT molecular complexity index is 154. The Morgan fingerprint density at radius 2 is 1.77 bits per heavy atom. The molecule has 2 heteroatoms. The lowest BCUT2D eigenvalue weighted by atomic mass is 9.93. The maximum Gasteiger partial charge on any atom is 0.146 e. The van der Waals surface area contributed by atoms with Crippen LogP contribution in [0.4, 0.5) is 0 Å². The van der Waals surface area contributed by atoms with E-state index in [1.54, 1.807) is 6.92 Å². The minimum Gasteiger partial charge on any atom is -0.322 e. The fourth-order valence-electron chi connectivity index (χ4n) is 1.34. The molecule has 0 saturated carbocycles. The molecule has 0 radical (unpaired) electrons. The summed E-state index contributed by atoms with van der Waals surface area (Å²) in [7, 11) is 0. The van der Waals surface area contributed by atoms with Gasteiger partial charge in [0.2, 0.25) is 0 Å². The fraction of sp³-hybridized carbons (Fsp3) is 0.909. The first-order valence-electron chi connectivity index (χ1n) is 5.19. The first kappa shape index (κ1) is 12.6. The van der Waals surface area contributed by atoms with Crippen LogP contribution in [0.2, 0.25) is 0 Å². The molecule has 0 aromatic heterocycles. The minimum atomic E-state index is -0.248. The summed E-state index contributed by atoms with van der Waals surface area (Å²) in [6, 6.07) is -0.248. The van der Waals surface area contributed by atoms with Crippen LogP contribution in [-0.4, -0.2) is 11.8 Å². The standard InChI is InChI=1S/C11H23NO/c1-8(2)5-6-9(3)7-11(12)10(4)13/h8-9,11H,5-7,12H2,1-4H3/t9-,11+/m1/s1. The highest BCUT2D eigenvalue weighted by atomic mass is 16.1. The van der Waals surface area contributed by atoms with Crippen LogP contribution in [0.25, 0.3) is 0 Å². The Hall–Kier alpha value is -0.370. The smallest absolute Gasteiger partial charge is 0.146 e. The second-order valence-corrected chi connectivity index (χ2v) is 4.53. The maximum absolute atomic E-state index is 10.9. The van der Waals surface area contributed by atoms with Crippen molar-refractivity contribution in [3.8, 4) is 0 Å². The summed E-state index contributed by atoms with van der Waals surface area (Å²) >= 11 is 0. The molecule has 0 bridgehead atoms. The molecule has 78 valence electrons. The van der Waals surface area contributed by atoms with E-state index in [1.807, 2.05) is 0 Å². The minimum absolute atomic E-state index is 0.108. The summed E-state index contributed by atoms with van der Waals surface area (Å²) in [6.45, 7) is 8.18. The molecule has 0 aliphatic heterocycles. The fourth-order valence-corrected chi connectivity index (χ4v) is 1.34.